The van der Waals surface area contributed by atoms with Crippen molar-refractivity contribution in [1.82, 2.24) is 0 Å². The Morgan fingerprint density at radius 1 is 0.292 bits per heavy atom. The molecule has 614 valence electrons. The summed E-state index contributed by atoms with van der Waals surface area (Å²) in [5.41, 5.74) is 0. The highest BCUT2D eigenvalue weighted by atomic mass is 31.2. The molecule has 0 aromatic carbocycles. The molecule has 0 fully saturated rings. The van der Waals surface area contributed by atoms with Gasteiger partial charge in [-0.15, -0.1) is 0 Å². The molecule has 0 aromatic rings. The van der Waals surface area contributed by atoms with Gasteiger partial charge in [-0.25, -0.2) is 4.57 Å². The smallest absolute Gasteiger partial charge is 0.462 e. The van der Waals surface area contributed by atoms with Gasteiger partial charge >= 0.3 is 19.8 Å². The van der Waals surface area contributed by atoms with Crippen molar-refractivity contribution >= 4 is 19.8 Å². The molecule has 0 saturated heterocycles. The molecule has 1 N–H and O–H groups in total. The fourth-order valence-corrected chi connectivity index (χ4v) is 13.9. The number of esters is 2. The Morgan fingerprint density at radius 2 is 0.509 bits per heavy atom. The molecule has 10 heteroatoms. The SMILES string of the molecule is CC/C=C\C/C=C\C/C=C\C/C=C\C/C=C\C/C=C\CCCCCCCCCCCCCCCCCCCCCCCCC(=O)OC(COC(=O)CCCCCCCCCCCCCCCCCCCCCCCCCCCCCC/C=C\C/C=C\C/C=C\C/C=C\CC)COP(=O)(O)OCC[N+](C)(C)C. The second kappa shape index (κ2) is 85.4. The van der Waals surface area contributed by atoms with Crippen molar-refractivity contribution in [3.05, 3.63) is 122 Å². The Kier molecular flexibility index (Phi) is 82.5. The highest BCUT2D eigenvalue weighted by Gasteiger charge is 2.27. The lowest BCUT2D eigenvalue weighted by atomic mass is 10.0. The summed E-state index contributed by atoms with van der Waals surface area (Å²) in [4.78, 5) is 36.1. The molecule has 0 spiro atoms. The molecule has 0 aliphatic rings. The van der Waals surface area contributed by atoms with Crippen LogP contribution in [0.4, 0.5) is 0 Å². The van der Waals surface area contributed by atoms with Crippen LogP contribution in [0.5, 0.6) is 0 Å². The van der Waals surface area contributed by atoms with Crippen LogP contribution in [0.25, 0.3) is 0 Å². The highest BCUT2D eigenvalue weighted by Crippen LogP contribution is 2.43. The van der Waals surface area contributed by atoms with Crippen LogP contribution in [0.3, 0.4) is 0 Å². The summed E-state index contributed by atoms with van der Waals surface area (Å²) in [6.45, 7) is 4.27. The number of hydrogen-bond acceptors (Lipinski definition) is 7. The van der Waals surface area contributed by atoms with Gasteiger partial charge in [-0.3, -0.25) is 18.6 Å². The quantitative estimate of drug-likeness (QED) is 0.0211. The highest BCUT2D eigenvalue weighted by molar-refractivity contribution is 7.47. The molecule has 106 heavy (non-hydrogen) atoms. The van der Waals surface area contributed by atoms with Crippen molar-refractivity contribution in [3.8, 4) is 0 Å². The number of unbranched alkanes of at least 4 members (excludes halogenated alkanes) is 50. The number of quaternary nitrogens is 1. The third-order valence-corrected chi connectivity index (χ3v) is 21.0. The van der Waals surface area contributed by atoms with E-state index in [4.69, 9.17) is 18.5 Å². The van der Waals surface area contributed by atoms with Gasteiger partial charge in [-0.2, -0.15) is 0 Å². The minimum Gasteiger partial charge on any atom is -0.462 e. The van der Waals surface area contributed by atoms with Gasteiger partial charge in [0.05, 0.1) is 27.7 Å². The van der Waals surface area contributed by atoms with E-state index in [1.807, 2.05) is 21.1 Å². The molecule has 2 atom stereocenters. The Morgan fingerprint density at radius 3 is 0.755 bits per heavy atom. The van der Waals surface area contributed by atoms with Crippen molar-refractivity contribution in [3.63, 3.8) is 0 Å². The monoisotopic (exact) mass is 1500 g/mol. The van der Waals surface area contributed by atoms with E-state index in [2.05, 4.69) is 135 Å². The van der Waals surface area contributed by atoms with Gasteiger partial charge in [0.15, 0.2) is 6.10 Å². The molecule has 0 rings (SSSR count). The fraction of sp³-hybridized carbons (Fsp3) is 0.771. The van der Waals surface area contributed by atoms with Crippen molar-refractivity contribution in [1.29, 1.82) is 0 Å². The van der Waals surface area contributed by atoms with Gasteiger partial charge in [0.2, 0.25) is 0 Å². The van der Waals surface area contributed by atoms with Crippen molar-refractivity contribution in [2.75, 3.05) is 47.5 Å². The largest absolute Gasteiger partial charge is 0.472 e. The lowest BCUT2D eigenvalue weighted by molar-refractivity contribution is -0.870. The lowest BCUT2D eigenvalue weighted by Crippen LogP contribution is -2.37. The van der Waals surface area contributed by atoms with Crippen LogP contribution >= 0.6 is 7.82 Å². The van der Waals surface area contributed by atoms with Crippen LogP contribution in [0, 0.1) is 0 Å². The number of rotatable bonds is 84. The summed E-state index contributed by atoms with van der Waals surface area (Å²) in [5, 5.41) is 0. The second-order valence-electron chi connectivity index (χ2n) is 31.6. The number of hydrogen-bond donors (Lipinski definition) is 1. The molecular weight excluding hydrogens is 1330 g/mol. The number of likely N-dealkylation sites (N-methyl/N-ethyl adjacent to an activating group) is 1. The van der Waals surface area contributed by atoms with E-state index in [0.717, 1.165) is 96.3 Å². The van der Waals surface area contributed by atoms with Crippen LogP contribution in [0.2, 0.25) is 0 Å². The van der Waals surface area contributed by atoms with Crippen LogP contribution in [0.1, 0.15) is 425 Å². The number of carbonyl (C=O) groups is 2. The maximum Gasteiger partial charge on any atom is 0.472 e. The standard InChI is InChI=1S/C96H172NO8P/c1-6-8-10-12-14-16-18-20-22-24-26-28-30-32-34-36-38-40-42-44-46-48-50-52-54-56-58-60-62-64-66-68-70-72-74-76-78-80-82-84-86-88-95(98)102-92-94(93-104-106(100,101)103-91-90-97(3,4)5)105-96(99)89-87-85-83-81-79-77-75-73-71-69-67-65-63-61-59-57-55-53-51-49-47-45-43-41-39-37-35-33-31-29-27-25-23-21-19-17-15-13-11-9-7-2/h8-11,14-17,20-23,26-29,33,35,39,41,94H,6-7,12-13,18-19,24-25,30-32,34,36-38,40,42-93H2,1-5H3/p+1/b10-8-,11-9-,16-14-,17-15-,22-20-,23-21-,28-26-,29-27-,35-33-,41-39-. The number of carbonyl (C=O) groups excluding carboxylic acids is 2. The maximum absolute atomic E-state index is 13.0. The Hall–Kier alpha value is -3.59. The first-order chi connectivity index (χ1) is 52.0. The summed E-state index contributed by atoms with van der Waals surface area (Å²) in [7, 11) is 1.49. The second-order valence-corrected chi connectivity index (χ2v) is 33.0. The molecule has 0 heterocycles. The topological polar surface area (TPSA) is 108 Å². The minimum atomic E-state index is -4.40. The molecular formula is C96H173NO8P+. The fourth-order valence-electron chi connectivity index (χ4n) is 13.2. The average molecular weight is 1500 g/mol. The Labute approximate surface area is 658 Å². The zero-order valence-electron chi connectivity index (χ0n) is 70.4. The predicted octanol–water partition coefficient (Wildman–Crippen LogP) is 30.8. The van der Waals surface area contributed by atoms with E-state index in [1.165, 1.54) is 295 Å². The van der Waals surface area contributed by atoms with E-state index in [9.17, 15) is 19.0 Å². The number of allylic oxidation sites excluding steroid dienone is 20. The number of ether oxygens (including phenoxy) is 2. The molecule has 0 bridgehead atoms. The Bertz CT molecular complexity index is 2210. The van der Waals surface area contributed by atoms with Crippen molar-refractivity contribution in [2.24, 2.45) is 0 Å². The predicted molar refractivity (Wildman–Crippen MR) is 464 cm³/mol. The molecule has 0 aromatic heterocycles. The van der Waals surface area contributed by atoms with Gasteiger partial charge < -0.3 is 18.9 Å². The molecule has 9 nitrogen and oxygen atoms in total. The number of phosphoric acid groups is 1. The molecule has 2 unspecified atom stereocenters. The first-order valence-electron chi connectivity index (χ1n) is 45.3. The third-order valence-electron chi connectivity index (χ3n) is 20.0. The molecule has 0 saturated carbocycles. The Balaban J connectivity index is 3.86. The molecule has 0 amide bonds. The van der Waals surface area contributed by atoms with E-state index < -0.39 is 26.5 Å². The van der Waals surface area contributed by atoms with Gasteiger partial charge in [0, 0.05) is 12.8 Å². The average Bonchev–Trinajstić information content (AvgIpc) is 0.908. The molecule has 0 aliphatic heterocycles. The van der Waals surface area contributed by atoms with Gasteiger partial charge in [-0.05, 0) is 103 Å². The van der Waals surface area contributed by atoms with Gasteiger partial charge in [0.1, 0.15) is 19.8 Å². The zero-order chi connectivity index (χ0) is 76.8. The van der Waals surface area contributed by atoms with E-state index in [-0.39, 0.29) is 25.6 Å². The van der Waals surface area contributed by atoms with Crippen molar-refractivity contribution < 1.29 is 42.1 Å². The minimum absolute atomic E-state index is 0.0323. The number of phosphoric ester groups is 1. The first-order valence-corrected chi connectivity index (χ1v) is 46.8. The normalized spacial score (nSPS) is 13.5. The maximum atomic E-state index is 13.0. The lowest BCUT2D eigenvalue weighted by Gasteiger charge is -2.24. The van der Waals surface area contributed by atoms with Crippen LogP contribution in [-0.4, -0.2) is 74.9 Å². The van der Waals surface area contributed by atoms with Gasteiger partial charge in [0.25, 0.3) is 0 Å². The van der Waals surface area contributed by atoms with Crippen LogP contribution < -0.4 is 0 Å². The third kappa shape index (κ3) is 89.3. The summed E-state index contributed by atoms with van der Waals surface area (Å²) in [6.07, 6.45) is 124. The van der Waals surface area contributed by atoms with Gasteiger partial charge in [-0.1, -0.05) is 431 Å². The van der Waals surface area contributed by atoms with E-state index in [1.54, 1.807) is 0 Å². The van der Waals surface area contributed by atoms with E-state index >= 15 is 0 Å². The zero-order valence-corrected chi connectivity index (χ0v) is 71.3. The van der Waals surface area contributed by atoms with Crippen molar-refractivity contribution in [2.45, 2.75) is 431 Å². The first kappa shape index (κ1) is 102. The number of nitrogens with zero attached hydrogens (tertiary/aromatic N) is 1. The molecule has 0 radical (unpaired) electrons. The van der Waals surface area contributed by atoms with Crippen LogP contribution in [0.15, 0.2) is 122 Å². The summed E-state index contributed by atoms with van der Waals surface area (Å²) < 4.78 is 34.9. The summed E-state index contributed by atoms with van der Waals surface area (Å²) in [6, 6.07) is 0. The van der Waals surface area contributed by atoms with Crippen LogP contribution in [-0.2, 0) is 32.7 Å². The summed E-state index contributed by atoms with van der Waals surface area (Å²) >= 11 is 0. The summed E-state index contributed by atoms with van der Waals surface area (Å²) in [5.74, 6) is -0.775. The van der Waals surface area contributed by atoms with E-state index in [0.29, 0.717) is 23.9 Å². The molecule has 0 aliphatic carbocycles.